The Morgan fingerprint density at radius 1 is 1.26 bits per heavy atom. The minimum absolute atomic E-state index is 0.112. The van der Waals surface area contributed by atoms with Crippen molar-refractivity contribution >= 4 is 32.3 Å². The van der Waals surface area contributed by atoms with Gasteiger partial charge in [-0.1, -0.05) is 20.4 Å². The zero-order chi connectivity index (χ0) is 14.8. The molecule has 0 heterocycles. The van der Waals surface area contributed by atoms with Crippen LogP contribution >= 0.6 is 11.6 Å². The lowest BCUT2D eigenvalue weighted by molar-refractivity contribution is 0.108. The summed E-state index contributed by atoms with van der Waals surface area (Å²) in [6.07, 6.45) is 2.35. The highest BCUT2D eigenvalue weighted by atomic mass is 35.5. The first kappa shape index (κ1) is 15.9. The Labute approximate surface area is 119 Å². The Hall–Kier alpha value is -1.13. The maximum atomic E-state index is 11.9. The predicted octanol–water partition coefficient (Wildman–Crippen LogP) is 3.45. The molecule has 3 nitrogen and oxygen atoms in total. The highest BCUT2D eigenvalue weighted by Crippen LogP contribution is 2.29. The van der Waals surface area contributed by atoms with E-state index in [4.69, 9.17) is 11.6 Å². The molecule has 0 N–H and O–H groups in total. The lowest BCUT2D eigenvalue weighted by atomic mass is 9.97. The van der Waals surface area contributed by atoms with Crippen LogP contribution in [0.2, 0.25) is 0 Å². The van der Waals surface area contributed by atoms with Gasteiger partial charge in [-0.25, -0.2) is 8.42 Å². The van der Waals surface area contributed by atoms with Gasteiger partial charge in [0.15, 0.2) is 9.84 Å². The third kappa shape index (κ3) is 3.45. The molecule has 0 fully saturated rings. The quantitative estimate of drug-likeness (QED) is 0.783. The average molecular weight is 301 g/mol. The van der Waals surface area contributed by atoms with Gasteiger partial charge in [0, 0.05) is 11.8 Å². The van der Waals surface area contributed by atoms with Gasteiger partial charge in [-0.2, -0.15) is 0 Å². The number of aryl methyl sites for hydroxylation is 1. The van der Waals surface area contributed by atoms with Crippen molar-refractivity contribution in [3.63, 3.8) is 0 Å². The third-order valence-corrected chi connectivity index (χ3v) is 4.35. The maximum absolute atomic E-state index is 11.9. The molecule has 1 aromatic carbocycles. The van der Waals surface area contributed by atoms with Gasteiger partial charge >= 0.3 is 0 Å². The third-order valence-electron chi connectivity index (χ3n) is 3.01. The summed E-state index contributed by atoms with van der Waals surface area (Å²) in [5.74, 6) is 0. The molecule has 0 saturated heterocycles. The van der Waals surface area contributed by atoms with Crippen LogP contribution in [0.15, 0.2) is 23.6 Å². The number of halogens is 1. The van der Waals surface area contributed by atoms with Gasteiger partial charge in [-0.05, 0) is 53.3 Å². The van der Waals surface area contributed by atoms with Gasteiger partial charge < -0.3 is 0 Å². The van der Waals surface area contributed by atoms with Crippen LogP contribution in [-0.4, -0.2) is 19.9 Å². The molecule has 0 unspecified atom stereocenters. The molecule has 104 valence electrons. The first-order chi connectivity index (χ1) is 8.72. The molecular weight excluding hydrogens is 284 g/mol. The number of rotatable bonds is 5. The van der Waals surface area contributed by atoms with Crippen LogP contribution in [0.4, 0.5) is 0 Å². The molecule has 0 saturated carbocycles. The second kappa shape index (κ2) is 5.88. The first-order valence-corrected chi connectivity index (χ1v) is 8.24. The molecular formula is C14H17ClO3S. The van der Waals surface area contributed by atoms with Gasteiger partial charge in [-0.15, -0.1) is 0 Å². The summed E-state index contributed by atoms with van der Waals surface area (Å²) in [5.41, 5.74) is 2.28. The highest BCUT2D eigenvalue weighted by molar-refractivity contribution is 7.90. The summed E-state index contributed by atoms with van der Waals surface area (Å²) in [6, 6.07) is 3.07. The van der Waals surface area contributed by atoms with E-state index in [1.807, 2.05) is 13.8 Å². The lowest BCUT2D eigenvalue weighted by Crippen LogP contribution is -2.07. The number of hydrogen-bond donors (Lipinski definition) is 0. The maximum Gasteiger partial charge on any atom is 0.252 e. The molecule has 19 heavy (non-hydrogen) atoms. The van der Waals surface area contributed by atoms with E-state index in [0.717, 1.165) is 17.4 Å². The van der Waals surface area contributed by atoms with Crippen molar-refractivity contribution < 1.29 is 13.2 Å². The number of carbonyl (C=O) groups excluding carboxylic acids is 1. The summed E-state index contributed by atoms with van der Waals surface area (Å²) >= 11 is 5.52. The second-order valence-corrected chi connectivity index (χ2v) is 6.69. The van der Waals surface area contributed by atoms with E-state index in [0.29, 0.717) is 18.4 Å². The molecule has 0 aliphatic carbocycles. The molecule has 1 aromatic rings. The molecule has 0 aliphatic heterocycles. The van der Waals surface area contributed by atoms with E-state index < -0.39 is 15.1 Å². The van der Waals surface area contributed by atoms with E-state index in [1.54, 1.807) is 6.07 Å². The fraction of sp³-hybridized carbons (Fsp3) is 0.357. The lowest BCUT2D eigenvalue weighted by Gasteiger charge is -2.14. The van der Waals surface area contributed by atoms with Crippen LogP contribution in [-0.2, 0) is 16.3 Å². The summed E-state index contributed by atoms with van der Waals surface area (Å²) in [5, 5.41) is -0.643. The molecule has 0 radical (unpaired) electrons. The van der Waals surface area contributed by atoms with Crippen LogP contribution in [0.25, 0.3) is 5.57 Å². The van der Waals surface area contributed by atoms with Crippen LogP contribution in [0.5, 0.6) is 0 Å². The van der Waals surface area contributed by atoms with E-state index in [9.17, 15) is 13.2 Å². The van der Waals surface area contributed by atoms with Gasteiger partial charge in [0.1, 0.15) is 0 Å². The molecule has 5 heteroatoms. The zero-order valence-electron chi connectivity index (χ0n) is 11.3. The number of hydrogen-bond acceptors (Lipinski definition) is 3. The molecule has 0 bridgehead atoms. The van der Waals surface area contributed by atoms with Gasteiger partial charge in [0.25, 0.3) is 5.24 Å². The largest absolute Gasteiger partial charge is 0.276 e. The predicted molar refractivity (Wildman–Crippen MR) is 78.4 cm³/mol. The van der Waals surface area contributed by atoms with Crippen molar-refractivity contribution in [3.8, 4) is 0 Å². The van der Waals surface area contributed by atoms with Crippen LogP contribution < -0.4 is 0 Å². The minimum Gasteiger partial charge on any atom is -0.276 e. The normalized spacial score (nSPS) is 11.4. The standard InChI is InChI=1S/C14H17ClO3S/c1-5-9(3)11-7-10(6-2)12(14(15)16)8-13(11)19(4,17)18/h7-8H,3,5-6H2,1-2,4H3. The summed E-state index contributed by atoms with van der Waals surface area (Å²) in [6.45, 7) is 7.67. The summed E-state index contributed by atoms with van der Waals surface area (Å²) in [4.78, 5) is 11.5. The van der Waals surface area contributed by atoms with Crippen molar-refractivity contribution in [2.45, 2.75) is 31.6 Å². The van der Waals surface area contributed by atoms with E-state index in [2.05, 4.69) is 6.58 Å². The smallest absolute Gasteiger partial charge is 0.252 e. The van der Waals surface area contributed by atoms with Crippen molar-refractivity contribution in [2.75, 3.05) is 6.26 Å². The number of benzene rings is 1. The van der Waals surface area contributed by atoms with E-state index in [1.165, 1.54) is 6.07 Å². The Morgan fingerprint density at radius 2 is 1.84 bits per heavy atom. The van der Waals surface area contributed by atoms with Gasteiger partial charge in [-0.3, -0.25) is 4.79 Å². The van der Waals surface area contributed by atoms with Crippen LogP contribution in [0, 0.1) is 0 Å². The minimum atomic E-state index is -3.44. The fourth-order valence-corrected chi connectivity index (χ4v) is 2.98. The first-order valence-electron chi connectivity index (χ1n) is 5.97. The Balaban J connectivity index is 3.72. The molecule has 0 amide bonds. The van der Waals surface area contributed by atoms with Crippen molar-refractivity contribution in [3.05, 3.63) is 35.4 Å². The van der Waals surface area contributed by atoms with Crippen molar-refractivity contribution in [1.29, 1.82) is 0 Å². The zero-order valence-corrected chi connectivity index (χ0v) is 12.9. The average Bonchev–Trinajstić information content (AvgIpc) is 2.34. The fourth-order valence-electron chi connectivity index (χ4n) is 1.87. The summed E-state index contributed by atoms with van der Waals surface area (Å²) in [7, 11) is -3.44. The number of sulfone groups is 1. The molecule has 0 spiro atoms. The SMILES string of the molecule is C=C(CC)c1cc(CC)c(C(=O)Cl)cc1S(C)(=O)=O. The second-order valence-electron chi connectivity index (χ2n) is 4.36. The Morgan fingerprint density at radius 3 is 2.21 bits per heavy atom. The Kier molecular flexibility index (Phi) is 4.93. The molecule has 0 aromatic heterocycles. The highest BCUT2D eigenvalue weighted by Gasteiger charge is 2.20. The van der Waals surface area contributed by atoms with E-state index in [-0.39, 0.29) is 10.5 Å². The number of allylic oxidation sites excluding steroid dienone is 1. The Bertz CT molecular complexity index is 630. The molecule has 0 aliphatic rings. The monoisotopic (exact) mass is 300 g/mol. The molecule has 0 atom stereocenters. The topological polar surface area (TPSA) is 51.2 Å². The van der Waals surface area contributed by atoms with Crippen molar-refractivity contribution in [1.82, 2.24) is 0 Å². The molecule has 1 rings (SSSR count). The van der Waals surface area contributed by atoms with Gasteiger partial charge in [0.2, 0.25) is 0 Å². The number of carbonyl (C=O) groups is 1. The summed E-state index contributed by atoms with van der Waals surface area (Å²) < 4.78 is 23.7. The van der Waals surface area contributed by atoms with Crippen LogP contribution in [0.1, 0.15) is 41.8 Å². The van der Waals surface area contributed by atoms with Gasteiger partial charge in [0.05, 0.1) is 4.90 Å². The van der Waals surface area contributed by atoms with E-state index >= 15 is 0 Å². The van der Waals surface area contributed by atoms with Crippen LogP contribution in [0.3, 0.4) is 0 Å². The van der Waals surface area contributed by atoms with Crippen molar-refractivity contribution in [2.24, 2.45) is 0 Å².